The molecule has 2 N–H and O–H groups in total. The molecule has 9 heteroatoms. The van der Waals surface area contributed by atoms with Crippen LogP contribution in [-0.2, 0) is 9.84 Å². The van der Waals surface area contributed by atoms with E-state index in [0.29, 0.717) is 0 Å². The Morgan fingerprint density at radius 1 is 1.39 bits per heavy atom. The van der Waals surface area contributed by atoms with Crippen LogP contribution in [0.1, 0.15) is 30.1 Å². The Hall–Kier alpha value is -2.00. The Bertz CT molecular complexity index is 732. The van der Waals surface area contributed by atoms with Gasteiger partial charge in [0.15, 0.2) is 9.84 Å². The third-order valence-electron chi connectivity index (χ3n) is 3.75. The standard InChI is InChI=1S/C14H19N3O5S/c1-9-5-11(3-4-15-9)16-14(18)10-6-12(17(19)20)8-13(7-10)23(2,21)22/h6-9,11,15H,3-5H2,1-2H3,(H,16,18). The van der Waals surface area contributed by atoms with E-state index in [1.807, 2.05) is 6.92 Å². The lowest BCUT2D eigenvalue weighted by Crippen LogP contribution is -2.46. The van der Waals surface area contributed by atoms with Crippen LogP contribution in [0.5, 0.6) is 0 Å². The molecule has 2 rings (SSSR count). The van der Waals surface area contributed by atoms with Crippen LogP contribution in [0.3, 0.4) is 0 Å². The predicted octanol–water partition coefficient (Wildman–Crippen LogP) is 0.869. The molecule has 2 unspecified atom stereocenters. The summed E-state index contributed by atoms with van der Waals surface area (Å²) in [6, 6.07) is 3.44. The predicted molar refractivity (Wildman–Crippen MR) is 84.2 cm³/mol. The van der Waals surface area contributed by atoms with E-state index in [1.54, 1.807) is 0 Å². The van der Waals surface area contributed by atoms with Crippen LogP contribution in [0, 0.1) is 10.1 Å². The van der Waals surface area contributed by atoms with E-state index in [-0.39, 0.29) is 22.5 Å². The van der Waals surface area contributed by atoms with Gasteiger partial charge < -0.3 is 10.6 Å². The van der Waals surface area contributed by atoms with Crippen molar-refractivity contribution in [2.75, 3.05) is 12.8 Å². The van der Waals surface area contributed by atoms with Crippen molar-refractivity contribution in [1.82, 2.24) is 10.6 Å². The summed E-state index contributed by atoms with van der Waals surface area (Å²) in [5.41, 5.74) is -0.442. The molecule has 1 saturated heterocycles. The summed E-state index contributed by atoms with van der Waals surface area (Å²) in [6.45, 7) is 2.78. The van der Waals surface area contributed by atoms with E-state index >= 15 is 0 Å². The number of sulfone groups is 1. The van der Waals surface area contributed by atoms with Gasteiger partial charge in [0.25, 0.3) is 11.6 Å². The van der Waals surface area contributed by atoms with E-state index in [2.05, 4.69) is 10.6 Å². The van der Waals surface area contributed by atoms with Crippen molar-refractivity contribution in [1.29, 1.82) is 0 Å². The highest BCUT2D eigenvalue weighted by molar-refractivity contribution is 7.90. The van der Waals surface area contributed by atoms with Crippen LogP contribution in [0.4, 0.5) is 5.69 Å². The molecule has 23 heavy (non-hydrogen) atoms. The van der Waals surface area contributed by atoms with E-state index in [4.69, 9.17) is 0 Å². The SMILES string of the molecule is CC1CC(NC(=O)c2cc([N+](=O)[O-])cc(S(C)(=O)=O)c2)CCN1. The van der Waals surface area contributed by atoms with Crippen LogP contribution in [0.25, 0.3) is 0 Å². The van der Waals surface area contributed by atoms with Crippen molar-refractivity contribution in [2.24, 2.45) is 0 Å². The number of amides is 1. The fraction of sp³-hybridized carbons (Fsp3) is 0.500. The lowest BCUT2D eigenvalue weighted by atomic mass is 10.0. The number of nitro benzene ring substituents is 1. The number of nitro groups is 1. The molecule has 0 aliphatic carbocycles. The molecule has 0 spiro atoms. The first-order chi connectivity index (χ1) is 10.7. The number of non-ortho nitro benzene ring substituents is 1. The van der Waals surface area contributed by atoms with Crippen LogP contribution in [0.2, 0.25) is 0 Å². The van der Waals surface area contributed by atoms with E-state index in [1.165, 1.54) is 6.07 Å². The second kappa shape index (κ2) is 6.63. The molecule has 1 amide bonds. The monoisotopic (exact) mass is 341 g/mol. The van der Waals surface area contributed by atoms with Crippen LogP contribution < -0.4 is 10.6 Å². The molecule has 1 heterocycles. The first kappa shape index (κ1) is 17.4. The summed E-state index contributed by atoms with van der Waals surface area (Å²) in [6.07, 6.45) is 2.45. The van der Waals surface area contributed by atoms with Crippen molar-refractivity contribution in [3.63, 3.8) is 0 Å². The number of benzene rings is 1. The number of rotatable bonds is 4. The fourth-order valence-corrected chi connectivity index (χ4v) is 3.24. The highest BCUT2D eigenvalue weighted by atomic mass is 32.2. The molecular formula is C14H19N3O5S. The summed E-state index contributed by atoms with van der Waals surface area (Å²) in [7, 11) is -3.65. The summed E-state index contributed by atoms with van der Waals surface area (Å²) in [5, 5.41) is 17.0. The lowest BCUT2D eigenvalue weighted by Gasteiger charge is -2.28. The second-order valence-electron chi connectivity index (χ2n) is 5.79. The minimum Gasteiger partial charge on any atom is -0.349 e. The lowest BCUT2D eigenvalue weighted by molar-refractivity contribution is -0.385. The molecule has 0 saturated carbocycles. The van der Waals surface area contributed by atoms with Crippen molar-refractivity contribution in [2.45, 2.75) is 36.7 Å². The van der Waals surface area contributed by atoms with Gasteiger partial charge in [-0.25, -0.2) is 8.42 Å². The number of nitrogens with one attached hydrogen (secondary N) is 2. The number of carbonyl (C=O) groups is 1. The first-order valence-electron chi connectivity index (χ1n) is 7.20. The average molecular weight is 341 g/mol. The molecule has 0 aromatic heterocycles. The Labute approximate surface area is 134 Å². The average Bonchev–Trinajstić information content (AvgIpc) is 2.45. The molecule has 0 bridgehead atoms. The molecule has 1 aliphatic rings. The van der Waals surface area contributed by atoms with Crippen molar-refractivity contribution in [3.8, 4) is 0 Å². The van der Waals surface area contributed by atoms with Crippen molar-refractivity contribution < 1.29 is 18.1 Å². The maximum atomic E-state index is 12.3. The van der Waals surface area contributed by atoms with Gasteiger partial charge in [-0.3, -0.25) is 14.9 Å². The van der Waals surface area contributed by atoms with Crippen LogP contribution in [-0.4, -0.2) is 44.1 Å². The van der Waals surface area contributed by atoms with Crippen LogP contribution >= 0.6 is 0 Å². The maximum Gasteiger partial charge on any atom is 0.271 e. The van der Waals surface area contributed by atoms with Gasteiger partial charge in [0.05, 0.1) is 9.82 Å². The van der Waals surface area contributed by atoms with E-state index in [9.17, 15) is 23.3 Å². The molecule has 1 aromatic rings. The molecule has 1 aromatic carbocycles. The smallest absolute Gasteiger partial charge is 0.271 e. The molecular weight excluding hydrogens is 322 g/mol. The summed E-state index contributed by atoms with van der Waals surface area (Å²) in [4.78, 5) is 22.3. The topological polar surface area (TPSA) is 118 Å². The Morgan fingerprint density at radius 2 is 2.09 bits per heavy atom. The zero-order valence-electron chi connectivity index (χ0n) is 12.9. The van der Waals surface area contributed by atoms with E-state index in [0.717, 1.165) is 37.8 Å². The molecule has 0 radical (unpaired) electrons. The molecule has 2 atom stereocenters. The number of hydrogen-bond donors (Lipinski definition) is 2. The van der Waals surface area contributed by atoms with Gasteiger partial charge in [-0.15, -0.1) is 0 Å². The van der Waals surface area contributed by atoms with E-state index < -0.39 is 26.4 Å². The molecule has 1 aliphatic heterocycles. The minimum absolute atomic E-state index is 0.0224. The summed E-state index contributed by atoms with van der Waals surface area (Å²) >= 11 is 0. The van der Waals surface area contributed by atoms with Crippen molar-refractivity contribution in [3.05, 3.63) is 33.9 Å². The number of nitrogens with zero attached hydrogens (tertiary/aromatic N) is 1. The van der Waals surface area contributed by atoms with Gasteiger partial charge in [-0.05, 0) is 32.4 Å². The zero-order valence-corrected chi connectivity index (χ0v) is 13.7. The molecule has 8 nitrogen and oxygen atoms in total. The normalized spacial score (nSPS) is 21.7. The zero-order chi connectivity index (χ0) is 17.2. The minimum atomic E-state index is -3.65. The molecule has 1 fully saturated rings. The van der Waals surface area contributed by atoms with Gasteiger partial charge in [-0.1, -0.05) is 0 Å². The fourth-order valence-electron chi connectivity index (χ4n) is 2.57. The number of carbonyl (C=O) groups excluding carboxylic acids is 1. The summed E-state index contributed by atoms with van der Waals surface area (Å²) in [5.74, 6) is -0.502. The quantitative estimate of drug-likeness (QED) is 0.619. The van der Waals surface area contributed by atoms with Gasteiger partial charge >= 0.3 is 0 Å². The number of hydrogen-bond acceptors (Lipinski definition) is 6. The maximum absolute atomic E-state index is 12.3. The second-order valence-corrected chi connectivity index (χ2v) is 7.81. The molecule has 126 valence electrons. The Morgan fingerprint density at radius 3 is 2.65 bits per heavy atom. The van der Waals surface area contributed by atoms with Crippen molar-refractivity contribution >= 4 is 21.4 Å². The highest BCUT2D eigenvalue weighted by Crippen LogP contribution is 2.21. The largest absolute Gasteiger partial charge is 0.349 e. The number of piperidine rings is 1. The van der Waals surface area contributed by atoms with Gasteiger partial charge in [0.1, 0.15) is 0 Å². The van der Waals surface area contributed by atoms with Crippen LogP contribution in [0.15, 0.2) is 23.1 Å². The first-order valence-corrected chi connectivity index (χ1v) is 9.10. The third-order valence-corrected chi connectivity index (χ3v) is 4.84. The Kier molecular flexibility index (Phi) is 5.00. The third kappa shape index (κ3) is 4.49. The Balaban J connectivity index is 2.28. The van der Waals surface area contributed by atoms with Gasteiger partial charge in [-0.2, -0.15) is 0 Å². The van der Waals surface area contributed by atoms with Gasteiger partial charge in [0, 0.05) is 36.0 Å². The summed E-state index contributed by atoms with van der Waals surface area (Å²) < 4.78 is 23.3. The van der Waals surface area contributed by atoms with Gasteiger partial charge in [0.2, 0.25) is 0 Å². The highest BCUT2D eigenvalue weighted by Gasteiger charge is 2.23.